The zero-order valence-electron chi connectivity index (χ0n) is 20.2. The standard InChI is InChI=1S/C28H30N4O4/c1-19-7-6-8-21(17-19)29-28(36)22-9-2-3-10-23(22)30-26(34)18-32-15-13-20(14-16-32)27(35)31-24-11-4-5-12-25(24)33/h2-12,17,20,33H,13-16,18H2,1H3,(H,29,36)(H,30,34)(H,31,35). The molecule has 0 aliphatic carbocycles. The number of hydrogen-bond donors (Lipinski definition) is 4. The molecule has 1 heterocycles. The fraction of sp³-hybridized carbons (Fsp3) is 0.250. The Labute approximate surface area is 210 Å². The van der Waals surface area contributed by atoms with E-state index in [0.717, 1.165) is 5.56 Å². The van der Waals surface area contributed by atoms with Gasteiger partial charge in [0.2, 0.25) is 11.8 Å². The summed E-state index contributed by atoms with van der Waals surface area (Å²) in [6, 6.07) is 21.1. The molecule has 1 aliphatic rings. The minimum absolute atomic E-state index is 0.0350. The molecule has 0 bridgehead atoms. The highest BCUT2D eigenvalue weighted by Gasteiger charge is 2.26. The Hall–Kier alpha value is -4.17. The first kappa shape index (κ1) is 24.9. The summed E-state index contributed by atoms with van der Waals surface area (Å²) in [5, 5.41) is 18.4. The summed E-state index contributed by atoms with van der Waals surface area (Å²) >= 11 is 0. The number of aryl methyl sites for hydroxylation is 1. The van der Waals surface area contributed by atoms with Gasteiger partial charge < -0.3 is 21.1 Å². The molecule has 8 nitrogen and oxygen atoms in total. The van der Waals surface area contributed by atoms with Crippen molar-refractivity contribution in [1.29, 1.82) is 0 Å². The first-order chi connectivity index (χ1) is 17.4. The lowest BCUT2D eigenvalue weighted by atomic mass is 9.95. The van der Waals surface area contributed by atoms with Gasteiger partial charge in [-0.05, 0) is 74.8 Å². The van der Waals surface area contributed by atoms with Crippen LogP contribution in [0.1, 0.15) is 28.8 Å². The molecule has 3 aromatic carbocycles. The van der Waals surface area contributed by atoms with Crippen LogP contribution in [0.2, 0.25) is 0 Å². The van der Waals surface area contributed by atoms with Gasteiger partial charge in [-0.3, -0.25) is 19.3 Å². The number of hydrogen-bond acceptors (Lipinski definition) is 5. The van der Waals surface area contributed by atoms with Crippen LogP contribution in [-0.4, -0.2) is 47.4 Å². The van der Waals surface area contributed by atoms with Gasteiger partial charge in [0.05, 0.1) is 23.5 Å². The Morgan fingerprint density at radius 1 is 0.861 bits per heavy atom. The van der Waals surface area contributed by atoms with Crippen molar-refractivity contribution >= 4 is 34.8 Å². The third-order valence-electron chi connectivity index (χ3n) is 6.21. The minimum Gasteiger partial charge on any atom is -0.506 e. The highest BCUT2D eigenvalue weighted by molar-refractivity contribution is 6.10. The van der Waals surface area contributed by atoms with Crippen LogP contribution in [0.3, 0.4) is 0 Å². The first-order valence-corrected chi connectivity index (χ1v) is 12.0. The Bertz CT molecular complexity index is 1250. The van der Waals surface area contributed by atoms with Gasteiger partial charge in [-0.1, -0.05) is 36.4 Å². The highest BCUT2D eigenvalue weighted by atomic mass is 16.3. The molecule has 36 heavy (non-hydrogen) atoms. The van der Waals surface area contributed by atoms with Crippen molar-refractivity contribution < 1.29 is 19.5 Å². The van der Waals surface area contributed by atoms with Crippen LogP contribution in [0.4, 0.5) is 17.1 Å². The van der Waals surface area contributed by atoms with Crippen LogP contribution < -0.4 is 16.0 Å². The molecule has 1 aliphatic heterocycles. The van der Waals surface area contributed by atoms with Crippen LogP contribution in [0, 0.1) is 12.8 Å². The van der Waals surface area contributed by atoms with Crippen molar-refractivity contribution in [3.63, 3.8) is 0 Å². The normalized spacial score (nSPS) is 14.1. The zero-order valence-corrected chi connectivity index (χ0v) is 20.2. The van der Waals surface area contributed by atoms with Crippen molar-refractivity contribution in [2.75, 3.05) is 35.6 Å². The molecule has 3 aromatic rings. The number of phenols is 1. The quantitative estimate of drug-likeness (QED) is 0.373. The molecule has 0 saturated carbocycles. The fourth-order valence-corrected chi connectivity index (χ4v) is 4.27. The van der Waals surface area contributed by atoms with Gasteiger partial charge in [0, 0.05) is 11.6 Å². The number of carbonyl (C=O) groups excluding carboxylic acids is 3. The van der Waals surface area contributed by atoms with Crippen molar-refractivity contribution in [3.8, 4) is 5.75 Å². The Morgan fingerprint density at radius 3 is 2.28 bits per heavy atom. The molecule has 0 aromatic heterocycles. The number of carbonyl (C=O) groups is 3. The molecule has 1 fully saturated rings. The maximum atomic E-state index is 12.8. The second-order valence-electron chi connectivity index (χ2n) is 8.97. The van der Waals surface area contributed by atoms with Crippen molar-refractivity contribution in [1.82, 2.24) is 4.90 Å². The summed E-state index contributed by atoms with van der Waals surface area (Å²) in [5.74, 6) is -0.799. The second kappa shape index (κ2) is 11.5. The van der Waals surface area contributed by atoms with E-state index in [4.69, 9.17) is 0 Å². The molecule has 4 rings (SSSR count). The van der Waals surface area contributed by atoms with E-state index in [1.165, 1.54) is 6.07 Å². The molecule has 3 amide bonds. The summed E-state index contributed by atoms with van der Waals surface area (Å²) in [6.45, 7) is 3.32. The number of amides is 3. The van der Waals surface area contributed by atoms with E-state index in [9.17, 15) is 19.5 Å². The van der Waals surface area contributed by atoms with Crippen molar-refractivity contribution in [2.24, 2.45) is 5.92 Å². The number of benzene rings is 3. The number of piperidine rings is 1. The van der Waals surface area contributed by atoms with Crippen molar-refractivity contribution in [3.05, 3.63) is 83.9 Å². The average Bonchev–Trinajstić information content (AvgIpc) is 2.86. The van der Waals surface area contributed by atoms with Gasteiger partial charge in [-0.15, -0.1) is 0 Å². The van der Waals surface area contributed by atoms with Crippen LogP contribution in [-0.2, 0) is 9.59 Å². The second-order valence-corrected chi connectivity index (χ2v) is 8.97. The lowest BCUT2D eigenvalue weighted by Crippen LogP contribution is -2.41. The lowest BCUT2D eigenvalue weighted by molar-refractivity contribution is -0.121. The molecule has 4 N–H and O–H groups in total. The molecule has 0 unspecified atom stereocenters. The van der Waals surface area contributed by atoms with Gasteiger partial charge in [0.15, 0.2) is 0 Å². The third kappa shape index (κ3) is 6.49. The highest BCUT2D eigenvalue weighted by Crippen LogP contribution is 2.25. The molecule has 0 atom stereocenters. The van der Waals surface area contributed by atoms with E-state index in [2.05, 4.69) is 16.0 Å². The molecular weight excluding hydrogens is 456 g/mol. The summed E-state index contributed by atoms with van der Waals surface area (Å²) in [6.07, 6.45) is 1.23. The number of para-hydroxylation sites is 3. The SMILES string of the molecule is Cc1cccc(NC(=O)c2ccccc2NC(=O)CN2CCC(C(=O)Nc3ccccc3O)CC2)c1. The fourth-order valence-electron chi connectivity index (χ4n) is 4.27. The Kier molecular flexibility index (Phi) is 7.97. The summed E-state index contributed by atoms with van der Waals surface area (Å²) in [4.78, 5) is 40.2. The molecule has 1 saturated heterocycles. The van der Waals surface area contributed by atoms with E-state index in [0.29, 0.717) is 48.6 Å². The van der Waals surface area contributed by atoms with E-state index in [-0.39, 0.29) is 35.9 Å². The smallest absolute Gasteiger partial charge is 0.257 e. The minimum atomic E-state index is -0.298. The van der Waals surface area contributed by atoms with Crippen LogP contribution >= 0.6 is 0 Å². The summed E-state index contributed by atoms with van der Waals surface area (Å²) in [5.41, 5.74) is 2.95. The Balaban J connectivity index is 1.29. The van der Waals surface area contributed by atoms with Crippen molar-refractivity contribution in [2.45, 2.75) is 19.8 Å². The monoisotopic (exact) mass is 486 g/mol. The molecular formula is C28H30N4O4. The van der Waals surface area contributed by atoms with Crippen LogP contribution in [0.15, 0.2) is 72.8 Å². The lowest BCUT2D eigenvalue weighted by Gasteiger charge is -2.30. The topological polar surface area (TPSA) is 111 Å². The third-order valence-corrected chi connectivity index (χ3v) is 6.21. The van der Waals surface area contributed by atoms with E-state index in [1.54, 1.807) is 42.5 Å². The largest absolute Gasteiger partial charge is 0.506 e. The van der Waals surface area contributed by atoms with Gasteiger partial charge in [0.25, 0.3) is 5.91 Å². The predicted octanol–water partition coefficient (Wildman–Crippen LogP) is 4.24. The molecule has 8 heteroatoms. The average molecular weight is 487 g/mol. The summed E-state index contributed by atoms with van der Waals surface area (Å²) < 4.78 is 0. The number of rotatable bonds is 7. The van der Waals surface area contributed by atoms with Gasteiger partial charge >= 0.3 is 0 Å². The molecule has 0 spiro atoms. The number of likely N-dealkylation sites (tertiary alicyclic amines) is 1. The van der Waals surface area contributed by atoms with E-state index in [1.807, 2.05) is 36.1 Å². The van der Waals surface area contributed by atoms with E-state index < -0.39 is 0 Å². The Morgan fingerprint density at radius 2 is 1.56 bits per heavy atom. The number of nitrogens with zero attached hydrogens (tertiary/aromatic N) is 1. The van der Waals surface area contributed by atoms with Gasteiger partial charge in [0.1, 0.15) is 5.75 Å². The first-order valence-electron chi connectivity index (χ1n) is 12.0. The van der Waals surface area contributed by atoms with Crippen LogP contribution in [0.5, 0.6) is 5.75 Å². The maximum absolute atomic E-state index is 12.8. The number of aromatic hydroxyl groups is 1. The predicted molar refractivity (Wildman–Crippen MR) is 140 cm³/mol. The number of phenolic OH excluding ortho intramolecular Hbond substituents is 1. The molecule has 0 radical (unpaired) electrons. The van der Waals surface area contributed by atoms with Crippen LogP contribution in [0.25, 0.3) is 0 Å². The number of anilines is 3. The molecule has 186 valence electrons. The van der Waals surface area contributed by atoms with E-state index >= 15 is 0 Å². The summed E-state index contributed by atoms with van der Waals surface area (Å²) in [7, 11) is 0. The number of nitrogens with one attached hydrogen (secondary N) is 3. The zero-order chi connectivity index (χ0) is 25.5. The van der Waals surface area contributed by atoms with Gasteiger partial charge in [-0.2, -0.15) is 0 Å². The maximum Gasteiger partial charge on any atom is 0.257 e. The van der Waals surface area contributed by atoms with Gasteiger partial charge in [-0.25, -0.2) is 0 Å².